The number of methoxy groups -OCH3 is 1. The molecule has 1 fully saturated rings. The third kappa shape index (κ3) is 3.32. The highest BCUT2D eigenvalue weighted by atomic mass is 19.4. The molecule has 1 aromatic carbocycles. The Kier molecular flexibility index (Phi) is 3.89. The Labute approximate surface area is 109 Å². The van der Waals surface area contributed by atoms with E-state index in [9.17, 15) is 13.2 Å². The summed E-state index contributed by atoms with van der Waals surface area (Å²) >= 11 is 0. The van der Waals surface area contributed by atoms with E-state index in [1.54, 1.807) is 0 Å². The van der Waals surface area contributed by atoms with Gasteiger partial charge in [-0.1, -0.05) is 0 Å². The summed E-state index contributed by atoms with van der Waals surface area (Å²) in [5.74, 6) is 0.195. The second-order valence-corrected chi connectivity index (χ2v) is 4.82. The molecule has 2 rings (SSSR count). The largest absolute Gasteiger partial charge is 0.497 e. The lowest BCUT2D eigenvalue weighted by molar-refractivity contribution is -0.137. The molecule has 1 saturated carbocycles. The summed E-state index contributed by atoms with van der Waals surface area (Å²) in [5.41, 5.74) is 5.15. The van der Waals surface area contributed by atoms with E-state index < -0.39 is 11.7 Å². The molecule has 0 spiro atoms. The van der Waals surface area contributed by atoms with E-state index in [1.807, 2.05) is 0 Å². The predicted molar refractivity (Wildman–Crippen MR) is 67.2 cm³/mol. The maximum Gasteiger partial charge on any atom is 0.418 e. The van der Waals surface area contributed by atoms with Crippen molar-refractivity contribution in [3.63, 3.8) is 0 Å². The van der Waals surface area contributed by atoms with Crippen LogP contribution in [0, 0.1) is 0 Å². The molecule has 2 atom stereocenters. The van der Waals surface area contributed by atoms with Crippen molar-refractivity contribution in [2.45, 2.75) is 37.5 Å². The molecular formula is C13H17F3N2O. The first-order valence-corrected chi connectivity index (χ1v) is 6.17. The molecule has 1 aliphatic rings. The molecule has 1 aromatic rings. The van der Waals surface area contributed by atoms with Crippen LogP contribution < -0.4 is 15.8 Å². The smallest absolute Gasteiger partial charge is 0.418 e. The fourth-order valence-electron chi connectivity index (χ4n) is 2.38. The first-order chi connectivity index (χ1) is 8.90. The Morgan fingerprint density at radius 3 is 2.58 bits per heavy atom. The Hall–Kier alpha value is -1.43. The number of alkyl halides is 3. The summed E-state index contributed by atoms with van der Waals surface area (Å²) in [5, 5.41) is 2.94. The summed E-state index contributed by atoms with van der Waals surface area (Å²) < 4.78 is 43.8. The fourth-order valence-corrected chi connectivity index (χ4v) is 2.38. The number of anilines is 1. The number of halogens is 3. The number of rotatable bonds is 3. The first kappa shape index (κ1) is 14.0. The second-order valence-electron chi connectivity index (χ2n) is 4.82. The van der Waals surface area contributed by atoms with Crippen LogP contribution in [0.4, 0.5) is 18.9 Å². The monoisotopic (exact) mass is 274 g/mol. The molecule has 0 bridgehead atoms. The summed E-state index contributed by atoms with van der Waals surface area (Å²) in [7, 11) is 1.35. The van der Waals surface area contributed by atoms with Crippen LogP contribution in [0.3, 0.4) is 0 Å². The van der Waals surface area contributed by atoms with Crippen LogP contribution in [0.25, 0.3) is 0 Å². The van der Waals surface area contributed by atoms with Crippen LogP contribution in [-0.4, -0.2) is 19.2 Å². The summed E-state index contributed by atoms with van der Waals surface area (Å²) in [6.07, 6.45) is -2.07. The summed E-state index contributed by atoms with van der Waals surface area (Å²) in [6.45, 7) is 0. The molecule has 0 radical (unpaired) electrons. The van der Waals surface area contributed by atoms with Crippen molar-refractivity contribution < 1.29 is 17.9 Å². The molecule has 3 nitrogen and oxygen atoms in total. The molecule has 106 valence electrons. The highest BCUT2D eigenvalue weighted by Crippen LogP contribution is 2.38. The van der Waals surface area contributed by atoms with Crippen molar-refractivity contribution in [2.75, 3.05) is 12.4 Å². The van der Waals surface area contributed by atoms with E-state index in [0.717, 1.165) is 18.9 Å². The molecule has 0 amide bonds. The zero-order valence-electron chi connectivity index (χ0n) is 10.6. The lowest BCUT2D eigenvalue weighted by Crippen LogP contribution is -2.22. The van der Waals surface area contributed by atoms with E-state index in [2.05, 4.69) is 5.32 Å². The molecule has 19 heavy (non-hydrogen) atoms. The third-order valence-electron chi connectivity index (χ3n) is 3.36. The minimum Gasteiger partial charge on any atom is -0.497 e. The minimum atomic E-state index is -4.41. The van der Waals surface area contributed by atoms with Gasteiger partial charge in [-0.15, -0.1) is 0 Å². The van der Waals surface area contributed by atoms with E-state index in [0.29, 0.717) is 6.42 Å². The van der Waals surface area contributed by atoms with Gasteiger partial charge in [0.2, 0.25) is 0 Å². The SMILES string of the molecule is COc1ccc(NC2CCC(N)C2)c(C(F)(F)F)c1. The molecule has 3 N–H and O–H groups in total. The van der Waals surface area contributed by atoms with Gasteiger partial charge in [-0.3, -0.25) is 0 Å². The maximum atomic E-state index is 13.0. The minimum absolute atomic E-state index is 0.00416. The van der Waals surface area contributed by atoms with Gasteiger partial charge in [0.25, 0.3) is 0 Å². The Balaban J connectivity index is 2.24. The van der Waals surface area contributed by atoms with Gasteiger partial charge in [0.1, 0.15) is 5.75 Å². The highest BCUT2D eigenvalue weighted by molar-refractivity contribution is 5.56. The van der Waals surface area contributed by atoms with Gasteiger partial charge in [-0.25, -0.2) is 0 Å². The lowest BCUT2D eigenvalue weighted by atomic mass is 10.1. The molecule has 0 aliphatic heterocycles. The average molecular weight is 274 g/mol. The molecule has 2 unspecified atom stereocenters. The zero-order valence-corrected chi connectivity index (χ0v) is 10.6. The van der Waals surface area contributed by atoms with Gasteiger partial charge in [0.05, 0.1) is 12.7 Å². The van der Waals surface area contributed by atoms with E-state index >= 15 is 0 Å². The first-order valence-electron chi connectivity index (χ1n) is 6.17. The number of ether oxygens (including phenoxy) is 1. The van der Waals surface area contributed by atoms with Gasteiger partial charge in [-0.05, 0) is 37.5 Å². The van der Waals surface area contributed by atoms with Gasteiger partial charge in [0, 0.05) is 17.8 Å². The van der Waals surface area contributed by atoms with E-state index in [-0.39, 0.29) is 23.5 Å². The van der Waals surface area contributed by atoms with Crippen LogP contribution >= 0.6 is 0 Å². The lowest BCUT2D eigenvalue weighted by Gasteiger charge is -2.19. The second kappa shape index (κ2) is 5.28. The Bertz CT molecular complexity index is 448. The van der Waals surface area contributed by atoms with Crippen molar-refractivity contribution in [1.29, 1.82) is 0 Å². The van der Waals surface area contributed by atoms with Crippen molar-refractivity contribution in [3.05, 3.63) is 23.8 Å². The van der Waals surface area contributed by atoms with Crippen LogP contribution in [0.15, 0.2) is 18.2 Å². The molecule has 6 heteroatoms. The predicted octanol–water partition coefficient (Wildman–Crippen LogP) is 3.01. The standard InChI is InChI=1S/C13H17F3N2O/c1-19-10-4-5-12(11(7-10)13(14,15)16)18-9-3-2-8(17)6-9/h4-5,7-9,18H,2-3,6,17H2,1H3. The van der Waals surface area contributed by atoms with E-state index in [1.165, 1.54) is 19.2 Å². The van der Waals surface area contributed by atoms with Crippen LogP contribution in [0.1, 0.15) is 24.8 Å². The summed E-state index contributed by atoms with van der Waals surface area (Å²) in [6, 6.07) is 4.02. The van der Waals surface area contributed by atoms with Crippen LogP contribution in [0.2, 0.25) is 0 Å². The number of hydrogen-bond acceptors (Lipinski definition) is 3. The number of nitrogens with two attached hydrogens (primary N) is 1. The quantitative estimate of drug-likeness (QED) is 0.890. The average Bonchev–Trinajstić information content (AvgIpc) is 2.74. The molecule has 0 aromatic heterocycles. The van der Waals surface area contributed by atoms with Crippen molar-refractivity contribution in [1.82, 2.24) is 0 Å². The normalized spacial score (nSPS) is 23.4. The van der Waals surface area contributed by atoms with Crippen LogP contribution in [-0.2, 0) is 6.18 Å². The van der Waals surface area contributed by atoms with Gasteiger partial charge in [-0.2, -0.15) is 13.2 Å². The van der Waals surface area contributed by atoms with Gasteiger partial charge >= 0.3 is 6.18 Å². The highest BCUT2D eigenvalue weighted by Gasteiger charge is 2.35. The number of hydrogen-bond donors (Lipinski definition) is 2. The zero-order chi connectivity index (χ0) is 14.0. The third-order valence-corrected chi connectivity index (χ3v) is 3.36. The fraction of sp³-hybridized carbons (Fsp3) is 0.538. The van der Waals surface area contributed by atoms with Crippen LogP contribution in [0.5, 0.6) is 5.75 Å². The molecular weight excluding hydrogens is 257 g/mol. The molecule has 1 aliphatic carbocycles. The van der Waals surface area contributed by atoms with Crippen molar-refractivity contribution >= 4 is 5.69 Å². The van der Waals surface area contributed by atoms with Gasteiger partial charge in [0.15, 0.2) is 0 Å². The van der Waals surface area contributed by atoms with Crippen molar-refractivity contribution in [2.24, 2.45) is 5.73 Å². The topological polar surface area (TPSA) is 47.3 Å². The number of benzene rings is 1. The Morgan fingerprint density at radius 1 is 1.32 bits per heavy atom. The Morgan fingerprint density at radius 2 is 2.05 bits per heavy atom. The van der Waals surface area contributed by atoms with Gasteiger partial charge < -0.3 is 15.8 Å². The number of nitrogens with one attached hydrogen (secondary N) is 1. The van der Waals surface area contributed by atoms with Crippen molar-refractivity contribution in [3.8, 4) is 5.75 Å². The summed E-state index contributed by atoms with van der Waals surface area (Å²) in [4.78, 5) is 0. The molecule has 0 heterocycles. The van der Waals surface area contributed by atoms with E-state index in [4.69, 9.17) is 10.5 Å². The molecule has 0 saturated heterocycles. The maximum absolute atomic E-state index is 13.0.